The zero-order valence-corrected chi connectivity index (χ0v) is 14.4. The van der Waals surface area contributed by atoms with Crippen molar-refractivity contribution < 1.29 is 9.47 Å². The van der Waals surface area contributed by atoms with Crippen molar-refractivity contribution in [3.63, 3.8) is 0 Å². The summed E-state index contributed by atoms with van der Waals surface area (Å²) in [5.41, 5.74) is 3.10. The van der Waals surface area contributed by atoms with Gasteiger partial charge < -0.3 is 14.4 Å². The van der Waals surface area contributed by atoms with E-state index in [0.717, 1.165) is 34.3 Å². The van der Waals surface area contributed by atoms with Crippen LogP contribution in [0.4, 0.5) is 5.82 Å². The van der Waals surface area contributed by atoms with Crippen LogP contribution in [0.25, 0.3) is 5.82 Å². The van der Waals surface area contributed by atoms with E-state index in [1.807, 2.05) is 50.1 Å². The second kappa shape index (κ2) is 6.08. The highest BCUT2D eigenvalue weighted by Crippen LogP contribution is 2.33. The number of ether oxygens (including phenoxy) is 2. The number of anilines is 1. The topological polar surface area (TPSA) is 65.3 Å². The summed E-state index contributed by atoms with van der Waals surface area (Å²) in [7, 11) is 1.99. The van der Waals surface area contributed by atoms with Gasteiger partial charge in [0, 0.05) is 19.3 Å². The SMILES string of the molecule is Cc1cc(C)n(-c2cncc(N(C)Cc3ccc4c(c3)OCO4)n2)n1. The summed E-state index contributed by atoms with van der Waals surface area (Å²) in [6.07, 6.45) is 3.47. The van der Waals surface area contributed by atoms with Crippen molar-refractivity contribution in [2.45, 2.75) is 20.4 Å². The zero-order valence-electron chi connectivity index (χ0n) is 14.4. The number of aryl methyl sites for hydroxylation is 2. The predicted molar refractivity (Wildman–Crippen MR) is 93.3 cm³/mol. The largest absolute Gasteiger partial charge is 0.454 e. The summed E-state index contributed by atoms with van der Waals surface area (Å²) < 4.78 is 12.6. The van der Waals surface area contributed by atoms with Gasteiger partial charge in [-0.1, -0.05) is 6.07 Å². The smallest absolute Gasteiger partial charge is 0.231 e. The highest BCUT2D eigenvalue weighted by Gasteiger charge is 2.15. The minimum atomic E-state index is 0.283. The minimum absolute atomic E-state index is 0.283. The van der Waals surface area contributed by atoms with Gasteiger partial charge in [0.15, 0.2) is 17.3 Å². The molecule has 7 heteroatoms. The molecule has 1 aliphatic rings. The van der Waals surface area contributed by atoms with E-state index in [0.29, 0.717) is 12.4 Å². The molecule has 0 aliphatic carbocycles. The summed E-state index contributed by atoms with van der Waals surface area (Å²) in [6, 6.07) is 7.98. The van der Waals surface area contributed by atoms with Gasteiger partial charge in [-0.15, -0.1) is 0 Å². The Morgan fingerprint density at radius 3 is 2.76 bits per heavy atom. The molecule has 2 aromatic heterocycles. The number of fused-ring (bicyclic) bond motifs is 1. The van der Waals surface area contributed by atoms with Gasteiger partial charge in [0.25, 0.3) is 0 Å². The number of rotatable bonds is 4. The molecule has 1 aromatic carbocycles. The Hall–Kier alpha value is -3.09. The van der Waals surface area contributed by atoms with E-state index in [9.17, 15) is 0 Å². The van der Waals surface area contributed by atoms with Gasteiger partial charge in [-0.2, -0.15) is 5.10 Å². The van der Waals surface area contributed by atoms with Gasteiger partial charge in [0.1, 0.15) is 5.82 Å². The maximum absolute atomic E-state index is 5.44. The molecule has 0 radical (unpaired) electrons. The molecule has 3 heterocycles. The molecule has 0 saturated carbocycles. The molecule has 4 rings (SSSR count). The van der Waals surface area contributed by atoms with E-state index in [1.165, 1.54) is 0 Å². The van der Waals surface area contributed by atoms with Crippen molar-refractivity contribution in [2.24, 2.45) is 0 Å². The van der Waals surface area contributed by atoms with E-state index in [4.69, 9.17) is 14.5 Å². The Morgan fingerprint density at radius 2 is 1.96 bits per heavy atom. The first kappa shape index (κ1) is 15.4. The lowest BCUT2D eigenvalue weighted by Crippen LogP contribution is -2.19. The number of nitrogens with zero attached hydrogens (tertiary/aromatic N) is 5. The fraction of sp³-hybridized carbons (Fsp3) is 0.278. The molecule has 1 aliphatic heterocycles. The minimum Gasteiger partial charge on any atom is -0.454 e. The van der Waals surface area contributed by atoms with Crippen molar-refractivity contribution in [3.05, 3.63) is 53.6 Å². The number of aromatic nitrogens is 4. The molecule has 7 nitrogen and oxygen atoms in total. The van der Waals surface area contributed by atoms with Gasteiger partial charge in [0.2, 0.25) is 6.79 Å². The Kier molecular flexibility index (Phi) is 3.76. The molecule has 0 unspecified atom stereocenters. The molecule has 0 spiro atoms. The van der Waals surface area contributed by atoms with E-state index in [2.05, 4.69) is 10.1 Å². The van der Waals surface area contributed by atoms with Crippen molar-refractivity contribution in [1.82, 2.24) is 19.7 Å². The van der Waals surface area contributed by atoms with Crippen LogP contribution >= 0.6 is 0 Å². The number of hydrogen-bond donors (Lipinski definition) is 0. The maximum atomic E-state index is 5.44. The van der Waals surface area contributed by atoms with Crippen molar-refractivity contribution >= 4 is 5.82 Å². The highest BCUT2D eigenvalue weighted by molar-refractivity contribution is 5.46. The summed E-state index contributed by atoms with van der Waals surface area (Å²) in [5, 5.41) is 4.47. The Balaban J connectivity index is 1.57. The third kappa shape index (κ3) is 3.00. The number of hydrogen-bond acceptors (Lipinski definition) is 6. The molecule has 0 atom stereocenters. The summed E-state index contributed by atoms with van der Waals surface area (Å²) in [6.45, 7) is 4.94. The lowest BCUT2D eigenvalue weighted by molar-refractivity contribution is 0.174. The van der Waals surface area contributed by atoms with E-state index >= 15 is 0 Å². The first-order valence-electron chi connectivity index (χ1n) is 8.05. The molecule has 0 saturated heterocycles. The second-order valence-corrected chi connectivity index (χ2v) is 6.12. The van der Waals surface area contributed by atoms with Gasteiger partial charge in [-0.3, -0.25) is 4.98 Å². The molecule has 0 N–H and O–H groups in total. The van der Waals surface area contributed by atoms with Crippen LogP contribution < -0.4 is 14.4 Å². The molecule has 0 fully saturated rings. The van der Waals surface area contributed by atoms with Crippen LogP contribution in [0.1, 0.15) is 17.0 Å². The predicted octanol–water partition coefficient (Wildman–Crippen LogP) is 2.64. The van der Waals surface area contributed by atoms with Gasteiger partial charge in [-0.25, -0.2) is 9.67 Å². The van der Waals surface area contributed by atoms with Crippen LogP contribution in [0.2, 0.25) is 0 Å². The molecule has 128 valence electrons. The Morgan fingerprint density at radius 1 is 1.12 bits per heavy atom. The third-order valence-corrected chi connectivity index (χ3v) is 4.08. The third-order valence-electron chi connectivity index (χ3n) is 4.08. The standard InChI is InChI=1S/C18H19N5O2/c1-12-6-13(2)23(21-12)18-9-19-8-17(20-18)22(3)10-14-4-5-15-16(7-14)25-11-24-15/h4-9H,10-11H2,1-3H3. The zero-order chi connectivity index (χ0) is 17.4. The van der Waals surface area contributed by atoms with E-state index < -0.39 is 0 Å². The van der Waals surface area contributed by atoms with Crippen molar-refractivity contribution in [1.29, 1.82) is 0 Å². The highest BCUT2D eigenvalue weighted by atomic mass is 16.7. The Labute approximate surface area is 145 Å². The molecule has 3 aromatic rings. The maximum Gasteiger partial charge on any atom is 0.231 e. The lowest BCUT2D eigenvalue weighted by Gasteiger charge is -2.18. The van der Waals surface area contributed by atoms with Crippen LogP contribution in [0, 0.1) is 13.8 Å². The summed E-state index contributed by atoms with van der Waals surface area (Å²) in [5.74, 6) is 3.06. The molecule has 25 heavy (non-hydrogen) atoms. The normalized spacial score (nSPS) is 12.4. The van der Waals surface area contributed by atoms with Crippen LogP contribution in [0.5, 0.6) is 11.5 Å². The van der Waals surface area contributed by atoms with Crippen molar-refractivity contribution in [3.8, 4) is 17.3 Å². The van der Waals surface area contributed by atoms with Crippen LogP contribution in [-0.2, 0) is 6.54 Å². The van der Waals surface area contributed by atoms with Crippen LogP contribution in [-0.4, -0.2) is 33.6 Å². The van der Waals surface area contributed by atoms with E-state index in [-0.39, 0.29) is 6.79 Å². The van der Waals surface area contributed by atoms with Crippen molar-refractivity contribution in [2.75, 3.05) is 18.7 Å². The van der Waals surface area contributed by atoms with Gasteiger partial charge in [0.05, 0.1) is 18.1 Å². The second-order valence-electron chi connectivity index (χ2n) is 6.12. The fourth-order valence-corrected chi connectivity index (χ4v) is 2.89. The average Bonchev–Trinajstić information content (AvgIpc) is 3.20. The summed E-state index contributed by atoms with van der Waals surface area (Å²) in [4.78, 5) is 11.1. The quantitative estimate of drug-likeness (QED) is 0.729. The molecular weight excluding hydrogens is 318 g/mol. The number of benzene rings is 1. The Bertz CT molecular complexity index is 922. The molecule has 0 bridgehead atoms. The average molecular weight is 337 g/mol. The van der Waals surface area contributed by atoms with Crippen LogP contribution in [0.3, 0.4) is 0 Å². The molecule has 0 amide bonds. The lowest BCUT2D eigenvalue weighted by atomic mass is 10.2. The van der Waals surface area contributed by atoms with E-state index in [1.54, 1.807) is 17.1 Å². The fourth-order valence-electron chi connectivity index (χ4n) is 2.89. The van der Waals surface area contributed by atoms with Gasteiger partial charge in [-0.05, 0) is 37.6 Å². The van der Waals surface area contributed by atoms with Gasteiger partial charge >= 0.3 is 0 Å². The van der Waals surface area contributed by atoms with Crippen LogP contribution in [0.15, 0.2) is 36.7 Å². The first-order chi connectivity index (χ1) is 12.1. The molecular formula is C18H19N5O2. The first-order valence-corrected chi connectivity index (χ1v) is 8.05. The summed E-state index contributed by atoms with van der Waals surface area (Å²) >= 11 is 0. The monoisotopic (exact) mass is 337 g/mol.